The number of anilines is 1. The summed E-state index contributed by atoms with van der Waals surface area (Å²) in [6.45, 7) is 3.78. The normalized spacial score (nSPS) is 17.4. The monoisotopic (exact) mass is 548 g/mol. The summed E-state index contributed by atoms with van der Waals surface area (Å²) < 4.78 is 19.0. The number of piperidine rings is 1. The topological polar surface area (TPSA) is 118 Å². The van der Waals surface area contributed by atoms with E-state index in [4.69, 9.17) is 24.9 Å². The number of nitrogen functional groups attached to an aromatic ring is 1. The van der Waals surface area contributed by atoms with E-state index >= 15 is 0 Å². The number of carbonyl (C=O) groups is 1. The van der Waals surface area contributed by atoms with E-state index < -0.39 is 0 Å². The van der Waals surface area contributed by atoms with Crippen LogP contribution >= 0.6 is 27.7 Å². The number of fused-ring (bicyclic) bond motifs is 2. The molecular formula is C22H25BrN6O4S. The number of aryl methyl sites for hydroxylation is 1. The Bertz CT molecular complexity index is 1170. The standard InChI is InChI=1S/C22H25BrN6O4S/c1-2-31-22(30)29-7-4-3-5-13(29)6-8-28-11-25-19(24)18-20(28)27-21(26-18)34-17-10-16-15(9-14(17)23)32-12-33-16/h9-11,13H,2-8,12,24H2,1H3. The van der Waals surface area contributed by atoms with Crippen molar-refractivity contribution in [3.05, 3.63) is 22.9 Å². The van der Waals surface area contributed by atoms with E-state index in [9.17, 15) is 4.79 Å². The molecule has 180 valence electrons. The smallest absolute Gasteiger partial charge is 0.409 e. The van der Waals surface area contributed by atoms with Gasteiger partial charge in [0.15, 0.2) is 34.0 Å². The number of aromatic nitrogens is 4. The SMILES string of the molecule is CCOC(=O)N1CCCCC1CCn1cnc(N)c2nc(Sc3cc4c(cc3Br)OCO4)nc1-2. The highest BCUT2D eigenvalue weighted by Crippen LogP contribution is 2.43. The van der Waals surface area contributed by atoms with Gasteiger partial charge >= 0.3 is 6.09 Å². The molecule has 1 saturated heterocycles. The first-order valence-corrected chi connectivity index (χ1v) is 12.8. The van der Waals surface area contributed by atoms with Crippen molar-refractivity contribution in [2.75, 3.05) is 25.7 Å². The number of halogens is 1. The maximum absolute atomic E-state index is 12.4. The van der Waals surface area contributed by atoms with Crippen LogP contribution in [0.4, 0.5) is 10.6 Å². The second kappa shape index (κ2) is 9.87. The predicted molar refractivity (Wildman–Crippen MR) is 129 cm³/mol. The lowest BCUT2D eigenvalue weighted by Crippen LogP contribution is -2.44. The molecule has 0 radical (unpaired) electrons. The Morgan fingerprint density at radius 2 is 2.12 bits per heavy atom. The first-order chi connectivity index (χ1) is 16.5. The Morgan fingerprint density at radius 3 is 2.94 bits per heavy atom. The fraction of sp³-hybridized carbons (Fsp3) is 0.455. The van der Waals surface area contributed by atoms with Crippen LogP contribution in [0.5, 0.6) is 11.5 Å². The first-order valence-electron chi connectivity index (χ1n) is 11.2. The highest BCUT2D eigenvalue weighted by atomic mass is 79.9. The number of hydrogen-bond donors (Lipinski definition) is 1. The van der Waals surface area contributed by atoms with Crippen molar-refractivity contribution in [3.63, 3.8) is 0 Å². The molecule has 1 fully saturated rings. The molecule has 1 aromatic rings. The summed E-state index contributed by atoms with van der Waals surface area (Å²) in [6.07, 6.45) is 5.28. The Balaban J connectivity index is 1.35. The van der Waals surface area contributed by atoms with E-state index in [2.05, 4.69) is 25.9 Å². The number of carbonyl (C=O) groups excluding carboxylic acids is 1. The van der Waals surface area contributed by atoms with Crippen LogP contribution in [-0.4, -0.2) is 56.5 Å². The third-order valence-electron chi connectivity index (χ3n) is 5.93. The number of ether oxygens (including phenoxy) is 3. The second-order valence-corrected chi connectivity index (χ2v) is 9.93. The average molecular weight is 549 g/mol. The maximum atomic E-state index is 12.4. The molecule has 0 aromatic heterocycles. The molecule has 4 aliphatic rings. The number of likely N-dealkylation sites (tertiary alicyclic amines) is 1. The molecule has 1 amide bonds. The molecule has 1 atom stereocenters. The van der Waals surface area contributed by atoms with Crippen LogP contribution in [-0.2, 0) is 11.3 Å². The van der Waals surface area contributed by atoms with E-state index in [1.807, 2.05) is 28.5 Å². The summed E-state index contributed by atoms with van der Waals surface area (Å²) in [6, 6.07) is 3.90. The van der Waals surface area contributed by atoms with E-state index in [0.29, 0.717) is 47.1 Å². The van der Waals surface area contributed by atoms with Crippen LogP contribution in [0, 0.1) is 0 Å². The van der Waals surface area contributed by atoms with Crippen molar-refractivity contribution in [2.45, 2.75) is 55.2 Å². The molecule has 0 aliphatic carbocycles. The van der Waals surface area contributed by atoms with Gasteiger partial charge in [-0.3, -0.25) is 0 Å². The zero-order chi connectivity index (χ0) is 23.7. The molecule has 0 bridgehead atoms. The van der Waals surface area contributed by atoms with Crippen molar-refractivity contribution in [3.8, 4) is 23.0 Å². The Labute approximate surface area is 209 Å². The first kappa shape index (κ1) is 23.0. The van der Waals surface area contributed by atoms with Crippen molar-refractivity contribution in [1.29, 1.82) is 0 Å². The lowest BCUT2D eigenvalue weighted by Gasteiger charge is -2.35. The second-order valence-electron chi connectivity index (χ2n) is 8.07. The zero-order valence-electron chi connectivity index (χ0n) is 18.7. The predicted octanol–water partition coefficient (Wildman–Crippen LogP) is 4.40. The lowest BCUT2D eigenvalue weighted by atomic mass is 10.00. The van der Waals surface area contributed by atoms with Gasteiger partial charge in [-0.05, 0) is 72.4 Å². The van der Waals surface area contributed by atoms with Crippen LogP contribution in [0.15, 0.2) is 33.0 Å². The summed E-state index contributed by atoms with van der Waals surface area (Å²) in [5.41, 5.74) is 6.68. The van der Waals surface area contributed by atoms with Gasteiger partial charge in [-0.15, -0.1) is 0 Å². The number of imidazole rings is 1. The number of rotatable bonds is 6. The molecule has 0 saturated carbocycles. The molecule has 4 aliphatic heterocycles. The highest BCUT2D eigenvalue weighted by molar-refractivity contribution is 9.10. The summed E-state index contributed by atoms with van der Waals surface area (Å²) in [7, 11) is 0. The van der Waals surface area contributed by atoms with Gasteiger partial charge < -0.3 is 29.4 Å². The Morgan fingerprint density at radius 1 is 1.29 bits per heavy atom. The van der Waals surface area contributed by atoms with Gasteiger partial charge in [0.25, 0.3) is 0 Å². The van der Waals surface area contributed by atoms with Gasteiger partial charge in [0, 0.05) is 28.5 Å². The molecule has 4 heterocycles. The molecule has 1 aromatic carbocycles. The van der Waals surface area contributed by atoms with Gasteiger partial charge in [-0.25, -0.2) is 19.7 Å². The number of nitrogens with zero attached hydrogens (tertiary/aromatic N) is 5. The van der Waals surface area contributed by atoms with Gasteiger partial charge in [0.1, 0.15) is 0 Å². The highest BCUT2D eigenvalue weighted by Gasteiger charge is 2.28. The van der Waals surface area contributed by atoms with Gasteiger partial charge in [-0.1, -0.05) is 0 Å². The largest absolute Gasteiger partial charge is 0.454 e. The minimum atomic E-state index is -0.237. The van der Waals surface area contributed by atoms with E-state index in [0.717, 1.165) is 41.6 Å². The van der Waals surface area contributed by atoms with Crippen LogP contribution in [0.3, 0.4) is 0 Å². The third-order valence-corrected chi connectivity index (χ3v) is 7.77. The molecular weight excluding hydrogens is 524 g/mol. The molecule has 34 heavy (non-hydrogen) atoms. The van der Waals surface area contributed by atoms with Gasteiger partial charge in [-0.2, -0.15) is 0 Å². The summed E-state index contributed by atoms with van der Waals surface area (Å²) in [5, 5.41) is 0.564. The summed E-state index contributed by atoms with van der Waals surface area (Å²) in [5.74, 6) is 2.40. The Kier molecular flexibility index (Phi) is 6.68. The lowest BCUT2D eigenvalue weighted by molar-refractivity contribution is 0.0733. The van der Waals surface area contributed by atoms with E-state index in [1.54, 1.807) is 6.33 Å². The van der Waals surface area contributed by atoms with Crippen LogP contribution < -0.4 is 15.2 Å². The molecule has 10 nitrogen and oxygen atoms in total. The fourth-order valence-corrected chi connectivity index (χ4v) is 5.61. The Hall–Kier alpha value is -2.73. The van der Waals surface area contributed by atoms with Crippen LogP contribution in [0.1, 0.15) is 32.6 Å². The van der Waals surface area contributed by atoms with Crippen LogP contribution in [0.25, 0.3) is 11.5 Å². The van der Waals surface area contributed by atoms with Crippen LogP contribution in [0.2, 0.25) is 0 Å². The maximum Gasteiger partial charge on any atom is 0.409 e. The van der Waals surface area contributed by atoms with Crippen molar-refractivity contribution < 1.29 is 19.0 Å². The molecule has 2 N–H and O–H groups in total. The van der Waals surface area contributed by atoms with Gasteiger partial charge in [0.2, 0.25) is 6.79 Å². The summed E-state index contributed by atoms with van der Waals surface area (Å²) >= 11 is 4.99. The number of nitrogens with two attached hydrogens (primary N) is 1. The molecule has 5 rings (SSSR count). The fourth-order valence-electron chi connectivity index (χ4n) is 4.25. The van der Waals surface area contributed by atoms with Crippen molar-refractivity contribution >= 4 is 39.6 Å². The van der Waals surface area contributed by atoms with Gasteiger partial charge in [0.05, 0.1) is 12.9 Å². The van der Waals surface area contributed by atoms with Crippen molar-refractivity contribution in [2.24, 2.45) is 0 Å². The third kappa shape index (κ3) is 4.61. The molecule has 12 heteroatoms. The van der Waals surface area contributed by atoms with E-state index in [1.165, 1.54) is 11.8 Å². The minimum absolute atomic E-state index is 0.120. The minimum Gasteiger partial charge on any atom is -0.454 e. The molecule has 0 spiro atoms. The number of hydrogen-bond acceptors (Lipinski definition) is 9. The van der Waals surface area contributed by atoms with Crippen molar-refractivity contribution in [1.82, 2.24) is 24.4 Å². The molecule has 1 unspecified atom stereocenters. The zero-order valence-corrected chi connectivity index (χ0v) is 21.1. The van der Waals surface area contributed by atoms with E-state index in [-0.39, 0.29) is 18.9 Å². The number of amides is 1. The summed E-state index contributed by atoms with van der Waals surface area (Å²) in [4.78, 5) is 28.8. The average Bonchev–Trinajstić information content (AvgIpc) is 3.46. The quantitative estimate of drug-likeness (QED) is 0.477. The number of benzene rings is 1.